The van der Waals surface area contributed by atoms with Crippen LogP contribution in [0.25, 0.3) is 43.2 Å². The minimum atomic E-state index is -0.113. The number of hydrogen-bond donors (Lipinski definition) is 0. The largest absolute Gasteiger partial charge is 0.289 e. The van der Waals surface area contributed by atoms with Gasteiger partial charge in [0.25, 0.3) is 0 Å². The average molecular weight is 435 g/mol. The van der Waals surface area contributed by atoms with Crippen molar-refractivity contribution in [1.29, 1.82) is 0 Å². The maximum absolute atomic E-state index is 13.6. The van der Waals surface area contributed by atoms with Crippen molar-refractivity contribution in [2.24, 2.45) is 0 Å². The van der Waals surface area contributed by atoms with E-state index >= 15 is 0 Å². The van der Waals surface area contributed by atoms with Crippen molar-refractivity contribution in [3.8, 4) is 0 Å². The predicted octanol–water partition coefficient (Wildman–Crippen LogP) is 6.57. The smallest absolute Gasteiger partial charge is 0.196 e. The fourth-order valence-electron chi connectivity index (χ4n) is 6.17. The van der Waals surface area contributed by atoms with Crippen molar-refractivity contribution in [1.82, 2.24) is 4.98 Å². The molecule has 1 aromatic heterocycles. The van der Waals surface area contributed by atoms with Crippen LogP contribution in [-0.4, -0.2) is 16.6 Å². The molecule has 0 saturated carbocycles. The lowest BCUT2D eigenvalue weighted by atomic mass is 9.81. The highest BCUT2D eigenvalue weighted by Crippen LogP contribution is 2.42. The summed E-state index contributed by atoms with van der Waals surface area (Å²) in [5, 5.41) is 8.28. The second-order valence-electron chi connectivity index (χ2n) is 9.31. The number of benzene rings is 5. The van der Waals surface area contributed by atoms with Gasteiger partial charge in [0.1, 0.15) is 0 Å². The Kier molecular flexibility index (Phi) is 3.27. The number of carbonyl (C=O) groups is 2. The molecule has 158 valence electrons. The van der Waals surface area contributed by atoms with Crippen LogP contribution in [0.3, 0.4) is 0 Å². The molecule has 0 N–H and O–H groups in total. The summed E-state index contributed by atoms with van der Waals surface area (Å²) in [6, 6.07) is 26.1. The first-order chi connectivity index (χ1) is 16.7. The number of ketones is 2. The van der Waals surface area contributed by atoms with Crippen molar-refractivity contribution < 1.29 is 9.59 Å². The van der Waals surface area contributed by atoms with Crippen LogP contribution in [0, 0.1) is 0 Å². The maximum atomic E-state index is 13.6. The maximum Gasteiger partial charge on any atom is 0.196 e. The van der Waals surface area contributed by atoms with E-state index in [1.807, 2.05) is 18.2 Å². The highest BCUT2D eigenvalue weighted by Gasteiger charge is 2.32. The molecule has 0 amide bonds. The molecule has 2 aliphatic carbocycles. The van der Waals surface area contributed by atoms with E-state index in [9.17, 15) is 9.59 Å². The third kappa shape index (κ3) is 2.10. The molecule has 0 fully saturated rings. The number of pyridine rings is 1. The molecule has 0 spiro atoms. The Bertz CT molecular complexity index is 1950. The van der Waals surface area contributed by atoms with Gasteiger partial charge < -0.3 is 0 Å². The van der Waals surface area contributed by atoms with E-state index in [1.54, 1.807) is 18.2 Å². The van der Waals surface area contributed by atoms with E-state index in [1.165, 1.54) is 32.5 Å². The van der Waals surface area contributed by atoms with Gasteiger partial charge in [-0.3, -0.25) is 14.6 Å². The van der Waals surface area contributed by atoms with Gasteiger partial charge in [-0.1, -0.05) is 66.7 Å². The Labute approximate surface area is 194 Å². The zero-order chi connectivity index (χ0) is 22.6. The Morgan fingerprint density at radius 1 is 0.588 bits per heavy atom. The Morgan fingerprint density at radius 3 is 2.24 bits per heavy atom. The van der Waals surface area contributed by atoms with Gasteiger partial charge in [0.15, 0.2) is 11.6 Å². The fourth-order valence-corrected chi connectivity index (χ4v) is 6.17. The predicted molar refractivity (Wildman–Crippen MR) is 135 cm³/mol. The molecule has 0 radical (unpaired) electrons. The van der Waals surface area contributed by atoms with Gasteiger partial charge in [-0.25, -0.2) is 0 Å². The number of fused-ring (bicyclic) bond motifs is 7. The van der Waals surface area contributed by atoms with Crippen LogP contribution in [0.1, 0.15) is 43.1 Å². The molecule has 6 aromatic rings. The minimum Gasteiger partial charge on any atom is -0.289 e. The number of aryl methyl sites for hydroxylation is 2. The zero-order valence-electron chi connectivity index (χ0n) is 18.2. The van der Waals surface area contributed by atoms with E-state index in [0.717, 1.165) is 29.3 Å². The molecule has 2 aliphatic rings. The summed E-state index contributed by atoms with van der Waals surface area (Å²) in [4.78, 5) is 31.9. The number of carbonyl (C=O) groups excluding carboxylic acids is 2. The van der Waals surface area contributed by atoms with Gasteiger partial charge in [0.05, 0.1) is 11.1 Å². The first-order valence-electron chi connectivity index (χ1n) is 11.6. The van der Waals surface area contributed by atoms with Crippen LogP contribution in [0.2, 0.25) is 0 Å². The summed E-state index contributed by atoms with van der Waals surface area (Å²) in [6.07, 6.45) is 1.72. The van der Waals surface area contributed by atoms with E-state index in [-0.39, 0.29) is 11.6 Å². The number of hydrogen-bond acceptors (Lipinski definition) is 3. The topological polar surface area (TPSA) is 47.0 Å². The first-order valence-corrected chi connectivity index (χ1v) is 11.6. The first kappa shape index (κ1) is 18.1. The third-order valence-electron chi connectivity index (χ3n) is 7.64. The van der Waals surface area contributed by atoms with Crippen molar-refractivity contribution in [3.05, 3.63) is 112 Å². The van der Waals surface area contributed by atoms with Gasteiger partial charge in [-0.05, 0) is 57.5 Å². The van der Waals surface area contributed by atoms with E-state index < -0.39 is 0 Å². The van der Waals surface area contributed by atoms with Crippen LogP contribution in [0.5, 0.6) is 0 Å². The molecular formula is C31H17NO2. The molecule has 8 rings (SSSR count). The summed E-state index contributed by atoms with van der Waals surface area (Å²) in [5.41, 5.74) is 4.90. The molecule has 0 bridgehead atoms. The number of rotatable bonds is 0. The molecule has 0 atom stereocenters. The van der Waals surface area contributed by atoms with Gasteiger partial charge in [0.2, 0.25) is 0 Å². The lowest BCUT2D eigenvalue weighted by Gasteiger charge is -2.23. The summed E-state index contributed by atoms with van der Waals surface area (Å²) in [5.74, 6) is -0.215. The standard InChI is InChI=1S/C31H17NO2/c33-30-22-7-3-4-8-23(22)31(34)28-24(30)12-11-21-20-10-9-17-15-16-5-1-2-6-18(16)19-13-14-25(32-29(21)28)27(20)26(17)19/h1-12,15H,13-14H2. The molecule has 0 saturated heterocycles. The second-order valence-corrected chi connectivity index (χ2v) is 9.31. The minimum absolute atomic E-state index is 0.102. The molecule has 3 heteroatoms. The van der Waals surface area contributed by atoms with Gasteiger partial charge in [-0.15, -0.1) is 0 Å². The molecular weight excluding hydrogens is 418 g/mol. The van der Waals surface area contributed by atoms with Crippen LogP contribution in [-0.2, 0) is 12.8 Å². The third-order valence-corrected chi connectivity index (χ3v) is 7.64. The van der Waals surface area contributed by atoms with Crippen molar-refractivity contribution in [2.45, 2.75) is 12.8 Å². The van der Waals surface area contributed by atoms with Crippen molar-refractivity contribution in [3.63, 3.8) is 0 Å². The lowest BCUT2D eigenvalue weighted by molar-refractivity contribution is 0.0980. The van der Waals surface area contributed by atoms with Crippen LogP contribution >= 0.6 is 0 Å². The summed E-state index contributed by atoms with van der Waals surface area (Å²) < 4.78 is 0. The lowest BCUT2D eigenvalue weighted by Crippen LogP contribution is -2.21. The Balaban J connectivity index is 1.53. The monoisotopic (exact) mass is 435 g/mol. The molecule has 0 aliphatic heterocycles. The number of nitrogens with zero attached hydrogens (tertiary/aromatic N) is 1. The van der Waals surface area contributed by atoms with Crippen LogP contribution in [0.15, 0.2) is 78.9 Å². The molecule has 5 aromatic carbocycles. The molecule has 1 heterocycles. The fraction of sp³-hybridized carbons (Fsp3) is 0.0645. The summed E-state index contributed by atoms with van der Waals surface area (Å²) in [7, 11) is 0. The average Bonchev–Trinajstić information content (AvgIpc) is 2.89. The van der Waals surface area contributed by atoms with E-state index in [0.29, 0.717) is 27.8 Å². The Morgan fingerprint density at radius 2 is 1.35 bits per heavy atom. The van der Waals surface area contributed by atoms with Gasteiger partial charge in [-0.2, -0.15) is 0 Å². The summed E-state index contributed by atoms with van der Waals surface area (Å²) in [6.45, 7) is 0. The highest BCUT2D eigenvalue weighted by molar-refractivity contribution is 6.33. The van der Waals surface area contributed by atoms with Crippen LogP contribution in [0.4, 0.5) is 0 Å². The SMILES string of the molecule is O=C1c2ccccc2C(=O)c2c1ccc1c2nc2c3c1ccc1cc4ccccc4c(c13)CC2. The van der Waals surface area contributed by atoms with E-state index in [4.69, 9.17) is 4.98 Å². The number of aromatic nitrogens is 1. The Hall–Kier alpha value is -4.37. The second kappa shape index (κ2) is 6.15. The molecule has 3 nitrogen and oxygen atoms in total. The zero-order valence-corrected chi connectivity index (χ0v) is 18.2. The van der Waals surface area contributed by atoms with Crippen molar-refractivity contribution >= 4 is 54.8 Å². The van der Waals surface area contributed by atoms with Crippen molar-refractivity contribution in [2.75, 3.05) is 0 Å². The molecule has 34 heavy (non-hydrogen) atoms. The van der Waals surface area contributed by atoms with E-state index in [2.05, 4.69) is 42.5 Å². The van der Waals surface area contributed by atoms with Gasteiger partial charge >= 0.3 is 0 Å². The van der Waals surface area contributed by atoms with Gasteiger partial charge in [0, 0.05) is 33.2 Å². The summed E-state index contributed by atoms with van der Waals surface area (Å²) >= 11 is 0. The quantitative estimate of drug-likeness (QED) is 0.200. The highest BCUT2D eigenvalue weighted by atomic mass is 16.1. The normalized spacial score (nSPS) is 14.4. The molecule has 0 unspecified atom stereocenters. The van der Waals surface area contributed by atoms with Crippen LogP contribution < -0.4 is 0 Å².